The Kier molecular flexibility index (Phi) is 3.93. The Morgan fingerprint density at radius 2 is 2.17 bits per heavy atom. The molecule has 0 bridgehead atoms. The summed E-state index contributed by atoms with van der Waals surface area (Å²) in [6.07, 6.45) is 4.96. The molecule has 1 amide bonds. The van der Waals surface area contributed by atoms with Gasteiger partial charge < -0.3 is 10.1 Å². The summed E-state index contributed by atoms with van der Waals surface area (Å²) in [7, 11) is 0. The number of hydrogen-bond acceptors (Lipinski definition) is 4. The zero-order chi connectivity index (χ0) is 17.5. The smallest absolute Gasteiger partial charge is 0.274 e. The van der Waals surface area contributed by atoms with Crippen LogP contribution in [0, 0.1) is 0 Å². The molecule has 0 atom stereocenters. The number of nitrogens with zero attached hydrogens (tertiary/aromatic N) is 2. The van der Waals surface area contributed by atoms with Gasteiger partial charge in [-0.1, -0.05) is 11.6 Å². The second kappa shape index (κ2) is 5.79. The Morgan fingerprint density at radius 3 is 2.88 bits per heavy atom. The van der Waals surface area contributed by atoms with E-state index in [9.17, 15) is 9.59 Å². The van der Waals surface area contributed by atoms with Crippen molar-refractivity contribution in [2.45, 2.75) is 26.4 Å². The standard InChI is InChI=1S/C17H16ClN3O3/c1-10(22)20-11-7-12(18)16(23)21(9-11)13-8-17(2,3)24-14-5-4-6-19-15(13)14/h4-9H,1-3H3,(H,20,22). The van der Waals surface area contributed by atoms with Crippen LogP contribution in [0.25, 0.3) is 5.70 Å². The highest BCUT2D eigenvalue weighted by atomic mass is 35.5. The van der Waals surface area contributed by atoms with Gasteiger partial charge in [0.1, 0.15) is 22.1 Å². The van der Waals surface area contributed by atoms with Crippen LogP contribution in [-0.4, -0.2) is 21.1 Å². The monoisotopic (exact) mass is 345 g/mol. The number of hydrogen-bond donors (Lipinski definition) is 1. The van der Waals surface area contributed by atoms with E-state index in [2.05, 4.69) is 10.3 Å². The van der Waals surface area contributed by atoms with Crippen LogP contribution in [0.2, 0.25) is 5.02 Å². The summed E-state index contributed by atoms with van der Waals surface area (Å²) in [4.78, 5) is 28.2. The van der Waals surface area contributed by atoms with Crippen molar-refractivity contribution in [3.05, 3.63) is 57.7 Å². The third kappa shape index (κ3) is 3.05. The van der Waals surface area contributed by atoms with Gasteiger partial charge in [-0.2, -0.15) is 0 Å². The average molecular weight is 346 g/mol. The fraction of sp³-hybridized carbons (Fsp3) is 0.235. The molecular weight excluding hydrogens is 330 g/mol. The number of fused-ring (bicyclic) bond motifs is 1. The predicted octanol–water partition coefficient (Wildman–Crippen LogP) is 2.92. The minimum absolute atomic E-state index is 0.00364. The number of ether oxygens (including phenoxy) is 1. The van der Waals surface area contributed by atoms with Crippen molar-refractivity contribution >= 4 is 28.9 Å². The Hall–Kier alpha value is -2.60. The van der Waals surface area contributed by atoms with E-state index >= 15 is 0 Å². The normalized spacial score (nSPS) is 15.1. The molecule has 124 valence electrons. The van der Waals surface area contributed by atoms with Crippen molar-refractivity contribution in [2.24, 2.45) is 0 Å². The van der Waals surface area contributed by atoms with Gasteiger partial charge in [-0.05, 0) is 38.1 Å². The van der Waals surface area contributed by atoms with Gasteiger partial charge in [0, 0.05) is 19.3 Å². The highest BCUT2D eigenvalue weighted by Gasteiger charge is 2.29. The molecule has 0 unspecified atom stereocenters. The average Bonchev–Trinajstić information content (AvgIpc) is 2.48. The Morgan fingerprint density at radius 1 is 1.42 bits per heavy atom. The number of anilines is 1. The largest absolute Gasteiger partial charge is 0.481 e. The van der Waals surface area contributed by atoms with Gasteiger partial charge in [0.25, 0.3) is 5.56 Å². The summed E-state index contributed by atoms with van der Waals surface area (Å²) in [5.41, 5.74) is 0.499. The molecule has 0 saturated heterocycles. The molecule has 0 aliphatic carbocycles. The molecule has 0 aromatic carbocycles. The maximum absolute atomic E-state index is 12.5. The Balaban J connectivity index is 2.24. The summed E-state index contributed by atoms with van der Waals surface area (Å²) >= 11 is 6.06. The van der Waals surface area contributed by atoms with Gasteiger partial charge in [0.15, 0.2) is 0 Å². The van der Waals surface area contributed by atoms with Gasteiger partial charge in [0.2, 0.25) is 5.91 Å². The fourth-order valence-corrected chi connectivity index (χ4v) is 2.77. The van der Waals surface area contributed by atoms with E-state index in [1.54, 1.807) is 24.4 Å². The molecule has 1 N–H and O–H groups in total. The molecule has 2 aromatic heterocycles. The van der Waals surface area contributed by atoms with E-state index in [-0.39, 0.29) is 10.9 Å². The molecule has 0 fully saturated rings. The molecule has 1 aliphatic heterocycles. The quantitative estimate of drug-likeness (QED) is 0.908. The number of carbonyl (C=O) groups is 1. The molecule has 3 heterocycles. The maximum Gasteiger partial charge on any atom is 0.274 e. The van der Waals surface area contributed by atoms with E-state index < -0.39 is 11.2 Å². The lowest BCUT2D eigenvalue weighted by molar-refractivity contribution is -0.114. The zero-order valence-corrected chi connectivity index (χ0v) is 14.2. The SMILES string of the molecule is CC(=O)Nc1cc(Cl)c(=O)n(C2=CC(C)(C)Oc3cccnc32)c1. The summed E-state index contributed by atoms with van der Waals surface area (Å²) < 4.78 is 7.26. The van der Waals surface area contributed by atoms with Crippen molar-refractivity contribution in [3.8, 4) is 5.75 Å². The van der Waals surface area contributed by atoms with Crippen LogP contribution in [0.1, 0.15) is 26.5 Å². The first kappa shape index (κ1) is 16.3. The topological polar surface area (TPSA) is 73.2 Å². The second-order valence-corrected chi connectivity index (χ2v) is 6.43. The van der Waals surface area contributed by atoms with Crippen molar-refractivity contribution in [2.75, 3.05) is 5.32 Å². The summed E-state index contributed by atoms with van der Waals surface area (Å²) in [5.74, 6) is 0.323. The zero-order valence-electron chi connectivity index (χ0n) is 13.5. The number of amides is 1. The lowest BCUT2D eigenvalue weighted by atomic mass is 10.0. The predicted molar refractivity (Wildman–Crippen MR) is 92.3 cm³/mol. The number of pyridine rings is 2. The fourth-order valence-electron chi connectivity index (χ4n) is 2.56. The lowest BCUT2D eigenvalue weighted by Gasteiger charge is -2.30. The third-order valence-corrected chi connectivity index (χ3v) is 3.69. The van der Waals surface area contributed by atoms with Crippen LogP contribution in [0.3, 0.4) is 0 Å². The molecule has 0 saturated carbocycles. The van der Waals surface area contributed by atoms with E-state index in [4.69, 9.17) is 16.3 Å². The second-order valence-electron chi connectivity index (χ2n) is 6.02. The minimum atomic E-state index is -0.624. The van der Waals surface area contributed by atoms with Crippen LogP contribution in [-0.2, 0) is 4.79 Å². The molecule has 6 nitrogen and oxygen atoms in total. The van der Waals surface area contributed by atoms with Crippen LogP contribution < -0.4 is 15.6 Å². The maximum atomic E-state index is 12.5. The first-order valence-electron chi connectivity index (χ1n) is 7.34. The summed E-state index contributed by atoms with van der Waals surface area (Å²) in [5, 5.41) is 2.64. The van der Waals surface area contributed by atoms with E-state index in [0.29, 0.717) is 22.8 Å². The molecule has 0 spiro atoms. The lowest BCUT2D eigenvalue weighted by Crippen LogP contribution is -2.32. The van der Waals surface area contributed by atoms with E-state index in [0.717, 1.165) is 0 Å². The molecular formula is C17H16ClN3O3. The minimum Gasteiger partial charge on any atom is -0.481 e. The highest BCUT2D eigenvalue weighted by molar-refractivity contribution is 6.30. The van der Waals surface area contributed by atoms with Crippen molar-refractivity contribution in [1.82, 2.24) is 9.55 Å². The molecule has 24 heavy (non-hydrogen) atoms. The summed E-state index contributed by atoms with van der Waals surface area (Å²) in [6, 6.07) is 4.98. The van der Waals surface area contributed by atoms with Crippen molar-refractivity contribution < 1.29 is 9.53 Å². The van der Waals surface area contributed by atoms with Crippen LogP contribution in [0.5, 0.6) is 5.75 Å². The molecule has 2 aromatic rings. The Labute approximate surface area is 143 Å². The molecule has 7 heteroatoms. The Bertz CT molecular complexity index is 916. The summed E-state index contributed by atoms with van der Waals surface area (Å²) in [6.45, 7) is 5.15. The third-order valence-electron chi connectivity index (χ3n) is 3.42. The van der Waals surface area contributed by atoms with Crippen molar-refractivity contribution in [3.63, 3.8) is 0 Å². The van der Waals surface area contributed by atoms with Gasteiger partial charge in [0.05, 0.1) is 11.4 Å². The number of halogens is 1. The van der Waals surface area contributed by atoms with Gasteiger partial charge in [-0.25, -0.2) is 0 Å². The van der Waals surface area contributed by atoms with Gasteiger partial charge >= 0.3 is 0 Å². The highest BCUT2D eigenvalue weighted by Crippen LogP contribution is 2.35. The number of rotatable bonds is 2. The van der Waals surface area contributed by atoms with Crippen LogP contribution in [0.15, 0.2) is 41.5 Å². The molecule has 0 radical (unpaired) electrons. The van der Waals surface area contributed by atoms with Crippen LogP contribution in [0.4, 0.5) is 5.69 Å². The first-order chi connectivity index (χ1) is 11.3. The van der Waals surface area contributed by atoms with Gasteiger partial charge in [-0.3, -0.25) is 19.1 Å². The van der Waals surface area contributed by atoms with Crippen LogP contribution >= 0.6 is 11.6 Å². The number of aromatic nitrogens is 2. The van der Waals surface area contributed by atoms with E-state index in [1.807, 2.05) is 13.8 Å². The van der Waals surface area contributed by atoms with E-state index in [1.165, 1.54) is 23.8 Å². The first-order valence-corrected chi connectivity index (χ1v) is 7.72. The number of carbonyl (C=O) groups excluding carboxylic acids is 1. The van der Waals surface area contributed by atoms with Gasteiger partial charge in [-0.15, -0.1) is 0 Å². The molecule has 1 aliphatic rings. The number of nitrogens with one attached hydrogen (secondary N) is 1. The molecule has 3 rings (SSSR count). The van der Waals surface area contributed by atoms with Crippen molar-refractivity contribution in [1.29, 1.82) is 0 Å².